The summed E-state index contributed by atoms with van der Waals surface area (Å²) in [6.07, 6.45) is 1.46. The van der Waals surface area contributed by atoms with Gasteiger partial charge in [-0.25, -0.2) is 13.8 Å². The minimum atomic E-state index is -0.904. The Morgan fingerprint density at radius 3 is 2.68 bits per heavy atom. The molecule has 0 aliphatic carbocycles. The number of nitrogens with one attached hydrogen (secondary N) is 1. The van der Waals surface area contributed by atoms with Crippen LogP contribution in [0.2, 0.25) is 5.02 Å². The van der Waals surface area contributed by atoms with Crippen molar-refractivity contribution in [3.05, 3.63) is 57.2 Å². The van der Waals surface area contributed by atoms with E-state index in [2.05, 4.69) is 26.2 Å². The largest absolute Gasteiger partial charge is 0.306 e. The van der Waals surface area contributed by atoms with Crippen LogP contribution >= 0.6 is 27.5 Å². The zero-order valence-electron chi connectivity index (χ0n) is 9.25. The molecule has 0 saturated heterocycles. The molecule has 98 valence electrons. The first-order chi connectivity index (χ1) is 8.97. The van der Waals surface area contributed by atoms with E-state index in [1.165, 1.54) is 12.3 Å². The average Bonchev–Trinajstić information content (AvgIpc) is 2.33. The Bertz CT molecular complexity index is 652. The third-order valence-electron chi connectivity index (χ3n) is 2.22. The van der Waals surface area contributed by atoms with Gasteiger partial charge in [-0.15, -0.1) is 0 Å². The minimum absolute atomic E-state index is 0.217. The Labute approximate surface area is 120 Å². The van der Waals surface area contributed by atoms with Crippen molar-refractivity contribution < 1.29 is 13.6 Å². The van der Waals surface area contributed by atoms with Crippen LogP contribution in [0.25, 0.3) is 0 Å². The van der Waals surface area contributed by atoms with Gasteiger partial charge in [-0.05, 0) is 24.3 Å². The molecule has 2 rings (SSSR count). The number of hydrogen-bond donors (Lipinski definition) is 1. The molecule has 7 heteroatoms. The second kappa shape index (κ2) is 5.63. The molecule has 1 heterocycles. The van der Waals surface area contributed by atoms with E-state index in [4.69, 9.17) is 11.6 Å². The number of rotatable bonds is 2. The van der Waals surface area contributed by atoms with Gasteiger partial charge in [-0.2, -0.15) is 0 Å². The third-order valence-corrected chi connectivity index (χ3v) is 3.00. The molecule has 0 unspecified atom stereocenters. The first kappa shape index (κ1) is 13.9. The predicted octanol–water partition coefficient (Wildman–Crippen LogP) is 4.03. The van der Waals surface area contributed by atoms with Crippen LogP contribution in [0.15, 0.2) is 34.9 Å². The van der Waals surface area contributed by atoms with Gasteiger partial charge in [0.2, 0.25) is 0 Å². The normalized spacial score (nSPS) is 10.3. The predicted molar refractivity (Wildman–Crippen MR) is 71.3 cm³/mol. The van der Waals surface area contributed by atoms with E-state index in [9.17, 15) is 13.6 Å². The fraction of sp³-hybridized carbons (Fsp3) is 0. The maximum absolute atomic E-state index is 13.5. The first-order valence-electron chi connectivity index (χ1n) is 5.05. The molecular weight excluding hydrogens is 341 g/mol. The maximum atomic E-state index is 13.5. The maximum Gasteiger partial charge on any atom is 0.259 e. The van der Waals surface area contributed by atoms with Crippen LogP contribution in [0, 0.1) is 11.6 Å². The third kappa shape index (κ3) is 3.27. The van der Waals surface area contributed by atoms with Gasteiger partial charge in [0.05, 0.1) is 10.6 Å². The molecule has 0 radical (unpaired) electrons. The molecule has 3 nitrogen and oxygen atoms in total. The van der Waals surface area contributed by atoms with Crippen molar-refractivity contribution in [2.45, 2.75) is 0 Å². The number of benzene rings is 1. The Kier molecular flexibility index (Phi) is 4.11. The number of amides is 1. The second-order valence-corrected chi connectivity index (χ2v) is 4.88. The summed E-state index contributed by atoms with van der Waals surface area (Å²) in [7, 11) is 0. The summed E-state index contributed by atoms with van der Waals surface area (Å²) in [6.45, 7) is 0. The highest BCUT2D eigenvalue weighted by molar-refractivity contribution is 9.10. The second-order valence-electron chi connectivity index (χ2n) is 3.56. The Balaban J connectivity index is 2.28. The molecule has 1 aromatic heterocycles. The van der Waals surface area contributed by atoms with Crippen molar-refractivity contribution in [1.29, 1.82) is 0 Å². The highest BCUT2D eigenvalue weighted by Crippen LogP contribution is 2.20. The van der Waals surface area contributed by atoms with Crippen LogP contribution in [0.1, 0.15) is 10.4 Å². The van der Waals surface area contributed by atoms with E-state index in [0.29, 0.717) is 4.47 Å². The summed E-state index contributed by atoms with van der Waals surface area (Å²) in [6, 6.07) is 4.69. The molecular formula is C12H6BrClF2N2O. The molecule has 0 spiro atoms. The number of anilines is 1. The quantitative estimate of drug-likeness (QED) is 0.834. The van der Waals surface area contributed by atoms with Crippen molar-refractivity contribution in [3.63, 3.8) is 0 Å². The van der Waals surface area contributed by atoms with E-state index in [1.54, 1.807) is 6.07 Å². The SMILES string of the molecule is O=C(Nc1cc(Br)ccn1)c1cc(F)c(Cl)cc1F. The fourth-order valence-electron chi connectivity index (χ4n) is 1.35. The monoisotopic (exact) mass is 346 g/mol. The van der Waals surface area contributed by atoms with Crippen molar-refractivity contribution in [2.24, 2.45) is 0 Å². The molecule has 0 fully saturated rings. The van der Waals surface area contributed by atoms with Crippen LogP contribution in [-0.2, 0) is 0 Å². The fourth-order valence-corrected chi connectivity index (χ4v) is 1.84. The standard InChI is InChI=1S/C12H6BrClF2N2O/c13-6-1-2-17-11(3-6)18-12(19)7-4-10(16)8(14)5-9(7)15/h1-5H,(H,17,18,19). The van der Waals surface area contributed by atoms with Gasteiger partial charge in [-0.3, -0.25) is 4.79 Å². The van der Waals surface area contributed by atoms with E-state index in [0.717, 1.165) is 12.1 Å². The van der Waals surface area contributed by atoms with Gasteiger partial charge in [-0.1, -0.05) is 27.5 Å². The van der Waals surface area contributed by atoms with Gasteiger partial charge in [0.1, 0.15) is 17.5 Å². The van der Waals surface area contributed by atoms with Crippen molar-refractivity contribution >= 4 is 39.3 Å². The van der Waals surface area contributed by atoms with Gasteiger partial charge >= 0.3 is 0 Å². The lowest BCUT2D eigenvalue weighted by molar-refractivity contribution is 0.102. The van der Waals surface area contributed by atoms with Crippen LogP contribution in [0.5, 0.6) is 0 Å². The Morgan fingerprint density at radius 1 is 1.26 bits per heavy atom. The highest BCUT2D eigenvalue weighted by atomic mass is 79.9. The number of nitrogens with zero attached hydrogens (tertiary/aromatic N) is 1. The average molecular weight is 348 g/mol. The van der Waals surface area contributed by atoms with Gasteiger partial charge in [0.15, 0.2) is 0 Å². The summed E-state index contributed by atoms with van der Waals surface area (Å²) >= 11 is 8.61. The van der Waals surface area contributed by atoms with Gasteiger partial charge in [0, 0.05) is 10.7 Å². The first-order valence-corrected chi connectivity index (χ1v) is 6.22. The number of pyridine rings is 1. The molecule has 0 aliphatic rings. The van der Waals surface area contributed by atoms with E-state index < -0.39 is 23.1 Å². The lowest BCUT2D eigenvalue weighted by atomic mass is 10.2. The van der Waals surface area contributed by atoms with Crippen LogP contribution in [0.3, 0.4) is 0 Å². The smallest absolute Gasteiger partial charge is 0.259 e. The van der Waals surface area contributed by atoms with E-state index in [1.807, 2.05) is 0 Å². The molecule has 1 amide bonds. The lowest BCUT2D eigenvalue weighted by Gasteiger charge is -2.06. The molecule has 1 aromatic carbocycles. The zero-order valence-corrected chi connectivity index (χ0v) is 11.6. The van der Waals surface area contributed by atoms with Crippen LogP contribution < -0.4 is 5.32 Å². The number of halogens is 4. The molecule has 1 N–H and O–H groups in total. The number of carbonyl (C=O) groups is 1. The molecule has 0 atom stereocenters. The molecule has 0 bridgehead atoms. The lowest BCUT2D eigenvalue weighted by Crippen LogP contribution is -2.15. The summed E-state index contributed by atoms with van der Waals surface area (Å²) < 4.78 is 27.4. The van der Waals surface area contributed by atoms with Crippen LogP contribution in [0.4, 0.5) is 14.6 Å². The van der Waals surface area contributed by atoms with Crippen molar-refractivity contribution in [1.82, 2.24) is 4.98 Å². The number of aromatic nitrogens is 1. The Hall–Kier alpha value is -1.53. The van der Waals surface area contributed by atoms with Gasteiger partial charge < -0.3 is 5.32 Å². The summed E-state index contributed by atoms with van der Waals surface area (Å²) in [4.78, 5) is 15.7. The van der Waals surface area contributed by atoms with Crippen molar-refractivity contribution in [2.75, 3.05) is 5.32 Å². The summed E-state index contributed by atoms with van der Waals surface area (Å²) in [5, 5.41) is 1.98. The van der Waals surface area contributed by atoms with Crippen LogP contribution in [-0.4, -0.2) is 10.9 Å². The molecule has 0 saturated carbocycles. The number of carbonyl (C=O) groups excluding carboxylic acids is 1. The molecule has 19 heavy (non-hydrogen) atoms. The Morgan fingerprint density at radius 2 is 2.00 bits per heavy atom. The van der Waals surface area contributed by atoms with E-state index >= 15 is 0 Å². The zero-order chi connectivity index (χ0) is 14.0. The summed E-state index contributed by atoms with van der Waals surface area (Å²) in [5.41, 5.74) is -0.441. The topological polar surface area (TPSA) is 42.0 Å². The minimum Gasteiger partial charge on any atom is -0.306 e. The highest BCUT2D eigenvalue weighted by Gasteiger charge is 2.16. The van der Waals surface area contributed by atoms with E-state index in [-0.39, 0.29) is 10.8 Å². The molecule has 2 aromatic rings. The number of hydrogen-bond acceptors (Lipinski definition) is 2. The summed E-state index contributed by atoms with van der Waals surface area (Å²) in [5.74, 6) is -2.36. The van der Waals surface area contributed by atoms with Crippen molar-refractivity contribution in [3.8, 4) is 0 Å². The van der Waals surface area contributed by atoms with Gasteiger partial charge in [0.25, 0.3) is 5.91 Å². The molecule has 0 aliphatic heterocycles.